The zero-order valence-electron chi connectivity index (χ0n) is 8.67. The maximum absolute atomic E-state index is 13.3. The van der Waals surface area contributed by atoms with E-state index < -0.39 is 34.6 Å². The maximum Gasteiger partial charge on any atom is 0.256 e. The minimum Gasteiger partial charge on any atom is -0.493 e. The summed E-state index contributed by atoms with van der Waals surface area (Å²) in [6.07, 6.45) is 0. The highest BCUT2D eigenvalue weighted by Gasteiger charge is 2.14. The average Bonchev–Trinajstić information content (AvgIpc) is 2.29. The monoisotopic (exact) mass is 257 g/mol. The van der Waals surface area contributed by atoms with E-state index in [0.29, 0.717) is 6.07 Å². The molecule has 1 heterocycles. The molecule has 0 radical (unpaired) electrons. The quantitative estimate of drug-likeness (QED) is 0.714. The minimum atomic E-state index is -1.65. The molecule has 0 atom stereocenters. The third kappa shape index (κ3) is 2.26. The molecule has 0 bridgehead atoms. The van der Waals surface area contributed by atoms with Gasteiger partial charge in [-0.05, 0) is 12.1 Å². The predicted octanol–water partition coefficient (Wildman–Crippen LogP) is 1.64. The lowest BCUT2D eigenvalue weighted by molar-refractivity contribution is 0.448. The number of nitrogens with zero attached hydrogens (tertiary/aromatic N) is 1. The summed E-state index contributed by atoms with van der Waals surface area (Å²) in [5.41, 5.74) is -1.12. The molecule has 0 aliphatic carbocycles. The smallest absolute Gasteiger partial charge is 0.256 e. The molecule has 2 rings (SSSR count). The Morgan fingerprint density at radius 2 is 1.94 bits per heavy atom. The van der Waals surface area contributed by atoms with Gasteiger partial charge < -0.3 is 10.4 Å². The van der Waals surface area contributed by atoms with Crippen molar-refractivity contribution in [2.75, 3.05) is 5.32 Å². The van der Waals surface area contributed by atoms with E-state index in [1.165, 1.54) is 0 Å². The van der Waals surface area contributed by atoms with Crippen LogP contribution in [0.4, 0.5) is 24.8 Å². The van der Waals surface area contributed by atoms with Crippen LogP contribution in [-0.4, -0.2) is 15.1 Å². The molecule has 0 aliphatic rings. The lowest BCUT2D eigenvalue weighted by Crippen LogP contribution is -2.10. The van der Waals surface area contributed by atoms with Gasteiger partial charge in [0.15, 0.2) is 17.5 Å². The van der Waals surface area contributed by atoms with Gasteiger partial charge in [0.25, 0.3) is 5.56 Å². The van der Waals surface area contributed by atoms with Crippen molar-refractivity contribution in [3.63, 3.8) is 0 Å². The van der Waals surface area contributed by atoms with Crippen molar-refractivity contribution in [3.05, 3.63) is 46.0 Å². The molecule has 18 heavy (non-hydrogen) atoms. The van der Waals surface area contributed by atoms with Gasteiger partial charge in [-0.25, -0.2) is 13.2 Å². The highest BCUT2D eigenvalue weighted by Crippen LogP contribution is 2.21. The summed E-state index contributed by atoms with van der Waals surface area (Å²) in [6.45, 7) is 0. The van der Waals surface area contributed by atoms with Crippen LogP contribution in [0.25, 0.3) is 0 Å². The molecule has 0 fully saturated rings. The fourth-order valence-electron chi connectivity index (χ4n) is 1.25. The molecule has 0 aliphatic heterocycles. The lowest BCUT2D eigenvalue weighted by atomic mass is 10.3. The van der Waals surface area contributed by atoms with Gasteiger partial charge in [0, 0.05) is 0 Å². The number of nitrogens with one attached hydrogen (secondary N) is 2. The van der Waals surface area contributed by atoms with Gasteiger partial charge in [-0.3, -0.25) is 9.78 Å². The summed E-state index contributed by atoms with van der Waals surface area (Å²) in [6, 6.07) is 2.44. The zero-order valence-corrected chi connectivity index (χ0v) is 8.67. The molecule has 8 heteroatoms. The van der Waals surface area contributed by atoms with Gasteiger partial charge in [-0.2, -0.15) is 4.98 Å². The van der Waals surface area contributed by atoms with Crippen molar-refractivity contribution in [1.82, 2.24) is 9.97 Å². The highest BCUT2D eigenvalue weighted by molar-refractivity contribution is 5.54. The highest BCUT2D eigenvalue weighted by atomic mass is 19.2. The van der Waals surface area contributed by atoms with Crippen LogP contribution >= 0.6 is 0 Å². The van der Waals surface area contributed by atoms with Crippen LogP contribution in [0.2, 0.25) is 0 Å². The topological polar surface area (TPSA) is 78.0 Å². The number of benzene rings is 1. The van der Waals surface area contributed by atoms with Crippen molar-refractivity contribution in [3.8, 4) is 5.88 Å². The number of aromatic hydroxyl groups is 1. The van der Waals surface area contributed by atoms with Crippen molar-refractivity contribution in [2.24, 2.45) is 0 Å². The number of rotatable bonds is 2. The second kappa shape index (κ2) is 4.40. The average molecular weight is 257 g/mol. The van der Waals surface area contributed by atoms with Crippen molar-refractivity contribution in [1.29, 1.82) is 0 Å². The molecule has 0 spiro atoms. The number of aromatic nitrogens is 2. The second-order valence-corrected chi connectivity index (χ2v) is 3.30. The normalized spacial score (nSPS) is 10.4. The summed E-state index contributed by atoms with van der Waals surface area (Å²) in [7, 11) is 0. The fraction of sp³-hybridized carbons (Fsp3) is 0. The number of H-pyrrole nitrogens is 1. The number of hydrogen-bond acceptors (Lipinski definition) is 4. The summed E-state index contributed by atoms with van der Waals surface area (Å²) in [5, 5.41) is 11.3. The number of anilines is 2. The molecule has 94 valence electrons. The van der Waals surface area contributed by atoms with E-state index in [2.05, 4.69) is 15.3 Å². The third-order valence-corrected chi connectivity index (χ3v) is 2.02. The van der Waals surface area contributed by atoms with Crippen LogP contribution in [0.5, 0.6) is 5.88 Å². The standard InChI is InChI=1S/C10H6F3N3O2/c11-4-1-2-5(9(13)8(4)12)14-10-15-6(17)3-7(18)16-10/h1-3H,(H3,14,15,16,17,18). The molecule has 1 aromatic heterocycles. The Kier molecular flexibility index (Phi) is 2.92. The van der Waals surface area contributed by atoms with E-state index in [0.717, 1.165) is 12.1 Å². The Morgan fingerprint density at radius 3 is 2.61 bits per heavy atom. The molecule has 0 amide bonds. The molecule has 0 saturated carbocycles. The molecule has 1 aromatic carbocycles. The van der Waals surface area contributed by atoms with Gasteiger partial charge in [0.2, 0.25) is 11.8 Å². The number of halogens is 3. The Labute approximate surface area is 97.9 Å². The Balaban J connectivity index is 2.40. The van der Waals surface area contributed by atoms with Crippen LogP contribution < -0.4 is 10.9 Å². The van der Waals surface area contributed by atoms with Crippen molar-refractivity contribution < 1.29 is 18.3 Å². The van der Waals surface area contributed by atoms with Gasteiger partial charge >= 0.3 is 0 Å². The first-order valence-electron chi connectivity index (χ1n) is 4.68. The van der Waals surface area contributed by atoms with E-state index in [1.807, 2.05) is 0 Å². The van der Waals surface area contributed by atoms with E-state index in [9.17, 15) is 18.0 Å². The second-order valence-electron chi connectivity index (χ2n) is 3.30. The fourth-order valence-corrected chi connectivity index (χ4v) is 1.25. The molecule has 0 unspecified atom stereocenters. The molecular formula is C10H6F3N3O2. The third-order valence-electron chi connectivity index (χ3n) is 2.02. The van der Waals surface area contributed by atoms with Gasteiger partial charge in [0.05, 0.1) is 11.8 Å². The van der Waals surface area contributed by atoms with Gasteiger partial charge in [-0.1, -0.05) is 0 Å². The Morgan fingerprint density at radius 1 is 1.22 bits per heavy atom. The lowest BCUT2D eigenvalue weighted by Gasteiger charge is -2.07. The first-order valence-corrected chi connectivity index (χ1v) is 4.68. The Bertz CT molecular complexity index is 657. The molecule has 0 saturated heterocycles. The summed E-state index contributed by atoms with van der Waals surface area (Å²) in [4.78, 5) is 16.5. The molecule has 2 aromatic rings. The van der Waals surface area contributed by atoms with E-state index in [4.69, 9.17) is 5.11 Å². The molecule has 3 N–H and O–H groups in total. The first-order chi connectivity index (χ1) is 8.47. The molecular weight excluding hydrogens is 251 g/mol. The predicted molar refractivity (Wildman–Crippen MR) is 56.1 cm³/mol. The largest absolute Gasteiger partial charge is 0.493 e. The first kappa shape index (κ1) is 12.0. The van der Waals surface area contributed by atoms with Crippen molar-refractivity contribution >= 4 is 11.6 Å². The number of hydrogen-bond donors (Lipinski definition) is 3. The van der Waals surface area contributed by atoms with Crippen LogP contribution in [0.1, 0.15) is 0 Å². The van der Waals surface area contributed by atoms with Crippen LogP contribution in [0.15, 0.2) is 23.0 Å². The molecule has 5 nitrogen and oxygen atoms in total. The number of aromatic amines is 1. The van der Waals surface area contributed by atoms with E-state index in [1.54, 1.807) is 0 Å². The van der Waals surface area contributed by atoms with E-state index >= 15 is 0 Å². The maximum atomic E-state index is 13.3. The SMILES string of the molecule is O=c1cc(O)nc(Nc2ccc(F)c(F)c2F)[nH]1. The van der Waals surface area contributed by atoms with Crippen LogP contribution in [-0.2, 0) is 0 Å². The summed E-state index contributed by atoms with van der Waals surface area (Å²) >= 11 is 0. The summed E-state index contributed by atoms with van der Waals surface area (Å²) < 4.78 is 38.9. The van der Waals surface area contributed by atoms with Gasteiger partial charge in [-0.15, -0.1) is 0 Å². The van der Waals surface area contributed by atoms with E-state index in [-0.39, 0.29) is 5.95 Å². The summed E-state index contributed by atoms with van der Waals surface area (Å²) in [5.74, 6) is -5.34. The van der Waals surface area contributed by atoms with Gasteiger partial charge in [0.1, 0.15) is 0 Å². The Hall–Kier alpha value is -2.51. The van der Waals surface area contributed by atoms with Crippen molar-refractivity contribution in [2.45, 2.75) is 0 Å². The minimum absolute atomic E-state index is 0.301. The van der Waals surface area contributed by atoms with Crippen LogP contribution in [0, 0.1) is 17.5 Å². The van der Waals surface area contributed by atoms with Crippen LogP contribution in [0.3, 0.4) is 0 Å². The zero-order chi connectivity index (χ0) is 13.3.